The van der Waals surface area contributed by atoms with Gasteiger partial charge in [-0.15, -0.1) is 0 Å². The van der Waals surface area contributed by atoms with Crippen LogP contribution >= 0.6 is 11.8 Å². The molecule has 0 amide bonds. The van der Waals surface area contributed by atoms with Crippen molar-refractivity contribution in [2.24, 2.45) is 11.8 Å². The molecule has 0 aromatic carbocycles. The monoisotopic (exact) mass is 297 g/mol. The molecule has 2 heterocycles. The van der Waals surface area contributed by atoms with Crippen LogP contribution in [0.25, 0.3) is 0 Å². The first-order chi connectivity index (χ1) is 9.81. The van der Waals surface area contributed by atoms with Crippen LogP contribution in [-0.4, -0.2) is 36.3 Å². The summed E-state index contributed by atoms with van der Waals surface area (Å²) in [5.41, 5.74) is 0.251. The Morgan fingerprint density at radius 3 is 2.70 bits per heavy atom. The summed E-state index contributed by atoms with van der Waals surface area (Å²) in [5.74, 6) is 4.48. The molecule has 2 nitrogen and oxygen atoms in total. The zero-order valence-corrected chi connectivity index (χ0v) is 13.9. The van der Waals surface area contributed by atoms with E-state index < -0.39 is 0 Å². The van der Waals surface area contributed by atoms with Crippen LogP contribution in [0.15, 0.2) is 0 Å². The molecule has 1 N–H and O–H groups in total. The third-order valence-corrected chi connectivity index (χ3v) is 6.77. The SMILES string of the molecule is CCNC(CC1CCC1)C1CCOC2(CCSCC2)C1. The number of thioether (sulfide) groups is 1. The first-order valence-corrected chi connectivity index (χ1v) is 9.92. The van der Waals surface area contributed by atoms with Crippen molar-refractivity contribution in [1.29, 1.82) is 0 Å². The lowest BCUT2D eigenvalue weighted by molar-refractivity contribution is -0.108. The van der Waals surface area contributed by atoms with Crippen LogP contribution in [0.4, 0.5) is 0 Å². The fourth-order valence-electron chi connectivity index (χ4n) is 4.29. The van der Waals surface area contributed by atoms with Crippen LogP contribution in [-0.2, 0) is 4.74 Å². The Morgan fingerprint density at radius 1 is 1.25 bits per heavy atom. The predicted octanol–water partition coefficient (Wildman–Crippen LogP) is 3.85. The second-order valence-corrected chi connectivity index (χ2v) is 8.32. The van der Waals surface area contributed by atoms with Crippen molar-refractivity contribution < 1.29 is 4.74 Å². The molecular weight excluding hydrogens is 266 g/mol. The molecule has 0 bridgehead atoms. The molecule has 3 heteroatoms. The summed E-state index contributed by atoms with van der Waals surface area (Å²) < 4.78 is 6.27. The Labute approximate surface area is 128 Å². The van der Waals surface area contributed by atoms with Gasteiger partial charge in [-0.2, -0.15) is 11.8 Å². The van der Waals surface area contributed by atoms with E-state index in [2.05, 4.69) is 24.0 Å². The average Bonchev–Trinajstić information content (AvgIpc) is 2.42. The highest BCUT2D eigenvalue weighted by atomic mass is 32.2. The van der Waals surface area contributed by atoms with E-state index in [1.165, 1.54) is 62.9 Å². The fraction of sp³-hybridized carbons (Fsp3) is 1.00. The molecule has 3 fully saturated rings. The average molecular weight is 298 g/mol. The van der Waals surface area contributed by atoms with Crippen LogP contribution in [0, 0.1) is 11.8 Å². The van der Waals surface area contributed by atoms with E-state index in [-0.39, 0.29) is 5.60 Å². The third kappa shape index (κ3) is 3.53. The second-order valence-electron chi connectivity index (χ2n) is 7.09. The molecule has 20 heavy (non-hydrogen) atoms. The lowest BCUT2D eigenvalue weighted by atomic mass is 9.73. The molecule has 0 radical (unpaired) electrons. The number of nitrogens with one attached hydrogen (secondary N) is 1. The minimum atomic E-state index is 0.251. The summed E-state index contributed by atoms with van der Waals surface area (Å²) in [6.45, 7) is 4.39. The van der Waals surface area contributed by atoms with Crippen LogP contribution in [0.3, 0.4) is 0 Å². The molecular formula is C17H31NOS. The van der Waals surface area contributed by atoms with Crippen LogP contribution in [0.5, 0.6) is 0 Å². The summed E-state index contributed by atoms with van der Waals surface area (Å²) in [6, 6.07) is 0.751. The van der Waals surface area contributed by atoms with Gasteiger partial charge in [-0.3, -0.25) is 0 Å². The molecule has 3 rings (SSSR count). The van der Waals surface area contributed by atoms with Crippen LogP contribution < -0.4 is 5.32 Å². The zero-order valence-electron chi connectivity index (χ0n) is 13.0. The van der Waals surface area contributed by atoms with Gasteiger partial charge < -0.3 is 10.1 Å². The van der Waals surface area contributed by atoms with Crippen molar-refractivity contribution in [3.05, 3.63) is 0 Å². The molecule has 2 aliphatic heterocycles. The number of hydrogen-bond acceptors (Lipinski definition) is 3. The summed E-state index contributed by atoms with van der Waals surface area (Å²) >= 11 is 2.11. The van der Waals surface area contributed by atoms with Gasteiger partial charge in [0.2, 0.25) is 0 Å². The van der Waals surface area contributed by atoms with Gasteiger partial charge in [0.05, 0.1) is 5.60 Å². The number of hydrogen-bond donors (Lipinski definition) is 1. The molecule has 0 aromatic rings. The first kappa shape index (κ1) is 15.2. The van der Waals surface area contributed by atoms with E-state index in [1.54, 1.807) is 0 Å². The number of rotatable bonds is 5. The van der Waals surface area contributed by atoms with Gasteiger partial charge >= 0.3 is 0 Å². The summed E-state index contributed by atoms with van der Waals surface area (Å²) in [4.78, 5) is 0. The minimum absolute atomic E-state index is 0.251. The Hall–Kier alpha value is 0.270. The topological polar surface area (TPSA) is 21.3 Å². The van der Waals surface area contributed by atoms with Gasteiger partial charge in [-0.25, -0.2) is 0 Å². The highest BCUT2D eigenvalue weighted by Gasteiger charge is 2.41. The van der Waals surface area contributed by atoms with Gasteiger partial charge in [-0.05, 0) is 62.0 Å². The molecule has 2 saturated heterocycles. The smallest absolute Gasteiger partial charge is 0.0701 e. The van der Waals surface area contributed by atoms with Crippen molar-refractivity contribution in [2.45, 2.75) is 69.9 Å². The quantitative estimate of drug-likeness (QED) is 0.833. The van der Waals surface area contributed by atoms with Crippen molar-refractivity contribution in [3.8, 4) is 0 Å². The molecule has 2 unspecified atom stereocenters. The fourth-order valence-corrected chi connectivity index (χ4v) is 5.53. The zero-order chi connectivity index (χ0) is 13.8. The maximum atomic E-state index is 6.27. The Kier molecular flexibility index (Phi) is 5.33. The van der Waals surface area contributed by atoms with E-state index in [9.17, 15) is 0 Å². The van der Waals surface area contributed by atoms with Gasteiger partial charge in [0.15, 0.2) is 0 Å². The minimum Gasteiger partial charge on any atom is -0.375 e. The molecule has 1 saturated carbocycles. The first-order valence-electron chi connectivity index (χ1n) is 8.76. The van der Waals surface area contributed by atoms with Crippen LogP contribution in [0.2, 0.25) is 0 Å². The largest absolute Gasteiger partial charge is 0.375 e. The van der Waals surface area contributed by atoms with E-state index in [0.717, 1.165) is 31.0 Å². The lowest BCUT2D eigenvalue weighted by Crippen LogP contribution is -2.49. The normalized spacial score (nSPS) is 31.9. The standard InChI is InChI=1S/C17H31NOS/c1-2-18-16(12-14-4-3-5-14)15-6-9-19-17(13-15)7-10-20-11-8-17/h14-16,18H,2-13H2,1H3. The molecule has 1 aliphatic carbocycles. The van der Waals surface area contributed by atoms with Gasteiger partial charge in [0, 0.05) is 12.6 Å². The Bertz CT molecular complexity index is 294. The molecule has 1 spiro atoms. The van der Waals surface area contributed by atoms with Gasteiger partial charge in [0.25, 0.3) is 0 Å². The van der Waals surface area contributed by atoms with E-state index in [0.29, 0.717) is 0 Å². The van der Waals surface area contributed by atoms with E-state index in [4.69, 9.17) is 4.74 Å². The van der Waals surface area contributed by atoms with Gasteiger partial charge in [0.1, 0.15) is 0 Å². The van der Waals surface area contributed by atoms with Crippen molar-refractivity contribution >= 4 is 11.8 Å². The third-order valence-electron chi connectivity index (χ3n) is 5.78. The van der Waals surface area contributed by atoms with Crippen molar-refractivity contribution in [1.82, 2.24) is 5.32 Å². The lowest BCUT2D eigenvalue weighted by Gasteiger charge is -2.46. The maximum absolute atomic E-state index is 6.27. The maximum Gasteiger partial charge on any atom is 0.0701 e. The highest BCUT2D eigenvalue weighted by Crippen LogP contribution is 2.42. The Balaban J connectivity index is 1.60. The highest BCUT2D eigenvalue weighted by molar-refractivity contribution is 7.99. The summed E-state index contributed by atoms with van der Waals surface area (Å²) in [7, 11) is 0. The number of ether oxygens (including phenoxy) is 1. The van der Waals surface area contributed by atoms with Crippen molar-refractivity contribution in [2.75, 3.05) is 24.7 Å². The van der Waals surface area contributed by atoms with Crippen molar-refractivity contribution in [3.63, 3.8) is 0 Å². The molecule has 116 valence electrons. The summed E-state index contributed by atoms with van der Waals surface area (Å²) in [6.07, 6.45) is 11.0. The van der Waals surface area contributed by atoms with Gasteiger partial charge in [-0.1, -0.05) is 26.2 Å². The molecule has 2 atom stereocenters. The van der Waals surface area contributed by atoms with E-state index in [1.807, 2.05) is 0 Å². The molecule has 0 aromatic heterocycles. The van der Waals surface area contributed by atoms with E-state index >= 15 is 0 Å². The summed E-state index contributed by atoms with van der Waals surface area (Å²) in [5, 5.41) is 3.81. The molecule has 3 aliphatic rings. The second kappa shape index (κ2) is 7.02. The van der Waals surface area contributed by atoms with Crippen LogP contribution in [0.1, 0.15) is 58.3 Å². The Morgan fingerprint density at radius 2 is 2.05 bits per heavy atom. The predicted molar refractivity (Wildman–Crippen MR) is 87.4 cm³/mol.